The van der Waals surface area contributed by atoms with Crippen molar-refractivity contribution < 1.29 is 5.11 Å². The lowest BCUT2D eigenvalue weighted by Crippen LogP contribution is -2.24. The number of aromatic hydroxyl groups is 1. The highest BCUT2D eigenvalue weighted by atomic mass is 16.3. The highest BCUT2D eigenvalue weighted by Gasteiger charge is 2.31. The van der Waals surface area contributed by atoms with Crippen LogP contribution in [0.15, 0.2) is 56.2 Å². The molecular weight excluding hydrogens is 316 g/mol. The average Bonchev–Trinajstić information content (AvgIpc) is 2.61. The molecule has 1 heteroatoms. The van der Waals surface area contributed by atoms with Crippen LogP contribution in [0.25, 0.3) is 0 Å². The topological polar surface area (TPSA) is 20.2 Å². The Bertz CT molecular complexity index is 529. The minimum atomic E-state index is -0.187. The van der Waals surface area contributed by atoms with Gasteiger partial charge in [-0.3, -0.25) is 0 Å². The molecule has 0 spiro atoms. The smallest absolute Gasteiger partial charge is 0.119 e. The van der Waals surface area contributed by atoms with E-state index in [1.807, 2.05) is 24.3 Å². The lowest BCUT2D eigenvalue weighted by atomic mass is 9.71. The molecule has 0 bridgehead atoms. The Morgan fingerprint density at radius 3 is 1.88 bits per heavy atom. The summed E-state index contributed by atoms with van der Waals surface area (Å²) >= 11 is 0. The van der Waals surface area contributed by atoms with E-state index in [2.05, 4.69) is 38.8 Å². The van der Waals surface area contributed by atoms with E-state index in [9.17, 15) is 5.11 Å². The zero-order chi connectivity index (χ0) is 19.3. The maximum atomic E-state index is 10.7. The van der Waals surface area contributed by atoms with Gasteiger partial charge in [0, 0.05) is 11.0 Å². The van der Waals surface area contributed by atoms with Crippen LogP contribution in [0.2, 0.25) is 0 Å². The molecule has 1 nitrogen and oxygen atoms in total. The molecule has 0 fully saturated rings. The Kier molecular flexibility index (Phi) is 10.8. The molecule has 26 heavy (non-hydrogen) atoms. The summed E-state index contributed by atoms with van der Waals surface area (Å²) in [5.74, 6) is 0.399. The van der Waals surface area contributed by atoms with Crippen molar-refractivity contribution in [2.24, 2.45) is 0 Å². The second kappa shape index (κ2) is 12.6. The number of hydrogen-bond donors (Lipinski definition) is 1. The van der Waals surface area contributed by atoms with Crippen LogP contribution in [0.3, 0.4) is 0 Å². The Balaban J connectivity index is 2.73. The van der Waals surface area contributed by atoms with Crippen molar-refractivity contribution in [1.82, 2.24) is 0 Å². The second-order valence-electron chi connectivity index (χ2n) is 7.48. The zero-order valence-electron chi connectivity index (χ0n) is 16.8. The normalized spacial score (nSPS) is 11.3. The largest absolute Gasteiger partial charge is 0.508 e. The number of aryl methyl sites for hydroxylation is 1. The van der Waals surface area contributed by atoms with E-state index in [-0.39, 0.29) is 5.41 Å². The molecule has 1 rings (SSSR count). The van der Waals surface area contributed by atoms with Gasteiger partial charge < -0.3 is 5.11 Å². The van der Waals surface area contributed by atoms with Crippen molar-refractivity contribution in [2.45, 2.75) is 83.0 Å². The van der Waals surface area contributed by atoms with Crippen LogP contribution >= 0.6 is 0 Å². The summed E-state index contributed by atoms with van der Waals surface area (Å²) in [5, 5.41) is 10.7. The van der Waals surface area contributed by atoms with Gasteiger partial charge in [-0.25, -0.2) is 0 Å². The summed E-state index contributed by atoms with van der Waals surface area (Å²) in [6.45, 7) is 14.0. The van der Waals surface area contributed by atoms with Crippen molar-refractivity contribution in [3.05, 3.63) is 67.3 Å². The first-order chi connectivity index (χ1) is 12.6. The fraction of sp³-hybridized carbons (Fsp3) is 0.520. The van der Waals surface area contributed by atoms with E-state index < -0.39 is 0 Å². The Labute approximate surface area is 161 Å². The first kappa shape index (κ1) is 22.3. The van der Waals surface area contributed by atoms with Crippen LogP contribution in [0, 0.1) is 0 Å². The number of benzene rings is 1. The minimum Gasteiger partial charge on any atom is -0.508 e. The monoisotopic (exact) mass is 354 g/mol. The average molecular weight is 355 g/mol. The molecule has 0 aliphatic heterocycles. The van der Waals surface area contributed by atoms with Crippen LogP contribution in [0.1, 0.15) is 82.3 Å². The molecule has 0 radical (unpaired) electrons. The standard InChI is InChI=1S/C25H38O/c1-5-9-10-11-12-13-14-15-22-16-17-23(24(26)21-22)25(18-6-2,19-7-3)20-8-4/h6-8,16-17,21,26H,2-5,9-15,18-20H2,1H3. The molecule has 1 N–H and O–H groups in total. The van der Waals surface area contributed by atoms with E-state index in [1.54, 1.807) is 0 Å². The van der Waals surface area contributed by atoms with E-state index in [4.69, 9.17) is 0 Å². The summed E-state index contributed by atoms with van der Waals surface area (Å²) in [6.07, 6.45) is 18.4. The lowest BCUT2D eigenvalue weighted by Gasteiger charge is -2.32. The fourth-order valence-corrected chi connectivity index (χ4v) is 3.88. The number of unbranched alkanes of at least 4 members (excludes halogenated alkanes) is 6. The van der Waals surface area contributed by atoms with Crippen LogP contribution in [0.4, 0.5) is 0 Å². The molecule has 0 aromatic heterocycles. The van der Waals surface area contributed by atoms with Gasteiger partial charge in [-0.05, 0) is 43.7 Å². The molecule has 144 valence electrons. The first-order valence-corrected chi connectivity index (χ1v) is 10.3. The molecule has 1 aromatic rings. The Hall–Kier alpha value is -1.76. The van der Waals surface area contributed by atoms with Crippen molar-refractivity contribution >= 4 is 0 Å². The Morgan fingerprint density at radius 1 is 0.846 bits per heavy atom. The van der Waals surface area contributed by atoms with Gasteiger partial charge in [-0.15, -0.1) is 19.7 Å². The predicted molar refractivity (Wildman–Crippen MR) is 116 cm³/mol. The highest BCUT2D eigenvalue weighted by Crippen LogP contribution is 2.41. The third-order valence-corrected chi connectivity index (χ3v) is 5.31. The molecule has 0 saturated heterocycles. The van der Waals surface area contributed by atoms with Gasteiger partial charge in [-0.1, -0.05) is 75.8 Å². The molecule has 0 aliphatic rings. The maximum Gasteiger partial charge on any atom is 0.119 e. The summed E-state index contributed by atoms with van der Waals surface area (Å²) < 4.78 is 0. The van der Waals surface area contributed by atoms with E-state index in [0.717, 1.165) is 31.2 Å². The number of hydrogen-bond acceptors (Lipinski definition) is 1. The zero-order valence-corrected chi connectivity index (χ0v) is 16.8. The third-order valence-electron chi connectivity index (χ3n) is 5.31. The highest BCUT2D eigenvalue weighted by molar-refractivity contribution is 5.43. The molecule has 0 saturated carbocycles. The van der Waals surface area contributed by atoms with E-state index >= 15 is 0 Å². The van der Waals surface area contributed by atoms with Gasteiger partial charge in [-0.2, -0.15) is 0 Å². The van der Waals surface area contributed by atoms with Crippen LogP contribution in [-0.2, 0) is 11.8 Å². The van der Waals surface area contributed by atoms with Crippen LogP contribution in [0.5, 0.6) is 5.75 Å². The van der Waals surface area contributed by atoms with Gasteiger partial charge in [0.25, 0.3) is 0 Å². The molecular formula is C25H38O. The van der Waals surface area contributed by atoms with Crippen molar-refractivity contribution in [3.63, 3.8) is 0 Å². The summed E-state index contributed by atoms with van der Waals surface area (Å²) in [6, 6.07) is 6.23. The lowest BCUT2D eigenvalue weighted by molar-refractivity contribution is 0.398. The molecule has 0 heterocycles. The second-order valence-corrected chi connectivity index (χ2v) is 7.48. The van der Waals surface area contributed by atoms with Crippen LogP contribution < -0.4 is 0 Å². The van der Waals surface area contributed by atoms with Gasteiger partial charge in [0.1, 0.15) is 5.75 Å². The van der Waals surface area contributed by atoms with Crippen molar-refractivity contribution in [1.29, 1.82) is 0 Å². The van der Waals surface area contributed by atoms with Crippen molar-refractivity contribution in [3.8, 4) is 5.75 Å². The quantitative estimate of drug-likeness (QED) is 0.253. The number of phenols is 1. The molecule has 0 aliphatic carbocycles. The van der Waals surface area contributed by atoms with Gasteiger partial charge in [0.05, 0.1) is 0 Å². The molecule has 0 unspecified atom stereocenters. The number of phenolic OH excluding ortho intramolecular Hbond substituents is 1. The fourth-order valence-electron chi connectivity index (χ4n) is 3.88. The number of rotatable bonds is 15. The van der Waals surface area contributed by atoms with Gasteiger partial charge in [0.15, 0.2) is 0 Å². The minimum absolute atomic E-state index is 0.187. The van der Waals surface area contributed by atoms with E-state index in [1.165, 1.54) is 50.5 Å². The van der Waals surface area contributed by atoms with Crippen LogP contribution in [-0.4, -0.2) is 5.11 Å². The molecule has 0 amide bonds. The summed E-state index contributed by atoms with van der Waals surface area (Å²) in [4.78, 5) is 0. The molecule has 0 atom stereocenters. The Morgan fingerprint density at radius 2 is 1.38 bits per heavy atom. The van der Waals surface area contributed by atoms with Crippen molar-refractivity contribution in [2.75, 3.05) is 0 Å². The maximum absolute atomic E-state index is 10.7. The van der Waals surface area contributed by atoms with Gasteiger partial charge in [0.2, 0.25) is 0 Å². The first-order valence-electron chi connectivity index (χ1n) is 10.3. The molecule has 1 aromatic carbocycles. The summed E-state index contributed by atoms with van der Waals surface area (Å²) in [7, 11) is 0. The summed E-state index contributed by atoms with van der Waals surface area (Å²) in [5.41, 5.74) is 2.03. The van der Waals surface area contributed by atoms with E-state index in [0.29, 0.717) is 5.75 Å². The number of allylic oxidation sites excluding steroid dienone is 3. The SMILES string of the molecule is C=CCC(CC=C)(CC=C)c1ccc(CCCCCCCCC)cc1O. The van der Waals surface area contributed by atoms with Gasteiger partial charge >= 0.3 is 0 Å². The predicted octanol–water partition coefficient (Wildman–Crippen LogP) is 7.65. The third kappa shape index (κ3) is 6.86.